The van der Waals surface area contributed by atoms with Crippen LogP contribution in [0.5, 0.6) is 5.75 Å². The molecule has 0 saturated carbocycles. The van der Waals surface area contributed by atoms with Gasteiger partial charge in [0.05, 0.1) is 18.6 Å². The lowest BCUT2D eigenvalue weighted by atomic mass is 10.0. The number of hydrogen-bond donors (Lipinski definition) is 3. The number of aromatic amines is 1. The van der Waals surface area contributed by atoms with Crippen molar-refractivity contribution in [1.29, 1.82) is 0 Å². The van der Waals surface area contributed by atoms with E-state index >= 15 is 0 Å². The van der Waals surface area contributed by atoms with Crippen molar-refractivity contribution >= 4 is 45.9 Å². The van der Waals surface area contributed by atoms with Crippen molar-refractivity contribution in [3.05, 3.63) is 72.3 Å². The molecule has 7 heteroatoms. The van der Waals surface area contributed by atoms with Crippen LogP contribution in [0.25, 0.3) is 22.2 Å². The molecule has 1 aliphatic rings. The fraction of sp³-hybridized carbons (Fsp3) is 0.154. The summed E-state index contributed by atoms with van der Waals surface area (Å²) in [6, 6.07) is 21.7. The Morgan fingerprint density at radius 3 is 2.73 bits per heavy atom. The van der Waals surface area contributed by atoms with E-state index in [0.29, 0.717) is 24.3 Å². The number of benzene rings is 3. The maximum absolute atomic E-state index is 12.8. The molecule has 1 aromatic heterocycles. The fourth-order valence-electron chi connectivity index (χ4n) is 4.09. The molecule has 5 rings (SSSR count). The van der Waals surface area contributed by atoms with Gasteiger partial charge in [0.25, 0.3) is 0 Å². The summed E-state index contributed by atoms with van der Waals surface area (Å²) in [6.07, 6.45) is 0.929. The lowest BCUT2D eigenvalue weighted by Crippen LogP contribution is -2.19. The molecule has 2 heterocycles. The van der Waals surface area contributed by atoms with E-state index < -0.39 is 0 Å². The van der Waals surface area contributed by atoms with Crippen molar-refractivity contribution in [2.75, 3.05) is 23.5 Å². The van der Waals surface area contributed by atoms with Crippen molar-refractivity contribution in [3.8, 4) is 17.0 Å². The number of amides is 2. The Morgan fingerprint density at radius 2 is 1.91 bits per heavy atom. The molecule has 3 N–H and O–H groups in total. The van der Waals surface area contributed by atoms with E-state index in [2.05, 4.69) is 21.7 Å². The van der Waals surface area contributed by atoms with Gasteiger partial charge in [0, 0.05) is 33.6 Å². The number of anilines is 2. The lowest BCUT2D eigenvalue weighted by Gasteiger charge is -2.17. The molecule has 2 amide bonds. The average molecular weight is 458 g/mol. The monoisotopic (exact) mass is 457 g/mol. The second kappa shape index (κ2) is 9.03. The summed E-state index contributed by atoms with van der Waals surface area (Å²) in [6.45, 7) is 0. The van der Waals surface area contributed by atoms with Crippen molar-refractivity contribution in [3.63, 3.8) is 0 Å². The largest absolute Gasteiger partial charge is 0.497 e. The fourth-order valence-corrected chi connectivity index (χ4v) is 4.88. The van der Waals surface area contributed by atoms with Gasteiger partial charge in [-0.15, -0.1) is 11.8 Å². The van der Waals surface area contributed by atoms with E-state index in [9.17, 15) is 9.59 Å². The minimum atomic E-state index is -0.0734. The Hall–Kier alpha value is -3.71. The van der Waals surface area contributed by atoms with Gasteiger partial charge in [-0.25, -0.2) is 0 Å². The maximum atomic E-state index is 12.8. The first-order chi connectivity index (χ1) is 16.1. The number of nitrogens with one attached hydrogen (secondary N) is 3. The molecule has 0 saturated heterocycles. The summed E-state index contributed by atoms with van der Waals surface area (Å²) in [4.78, 5) is 29.0. The number of carbonyl (C=O) groups is 2. The SMILES string of the molecule is COc1ccc(-c2[nH]c3ccccc3c2CCC(=O)Nc2ccc3c(c2)NC(=O)CS3)cc1. The van der Waals surface area contributed by atoms with E-state index in [4.69, 9.17) is 4.74 Å². The van der Waals surface area contributed by atoms with E-state index in [1.807, 2.05) is 60.7 Å². The summed E-state index contributed by atoms with van der Waals surface area (Å²) < 4.78 is 5.28. The number of hydrogen-bond acceptors (Lipinski definition) is 4. The van der Waals surface area contributed by atoms with Crippen LogP contribution in [-0.2, 0) is 16.0 Å². The Kier molecular flexibility index (Phi) is 5.79. The molecule has 33 heavy (non-hydrogen) atoms. The van der Waals surface area contributed by atoms with Crippen LogP contribution in [0.15, 0.2) is 71.6 Å². The van der Waals surface area contributed by atoms with Crippen LogP contribution in [0.3, 0.4) is 0 Å². The molecule has 0 bridgehead atoms. The number of aromatic nitrogens is 1. The number of rotatable bonds is 6. The number of thioether (sulfide) groups is 1. The molecule has 0 fully saturated rings. The smallest absolute Gasteiger partial charge is 0.234 e. The molecular formula is C26H23N3O3S. The lowest BCUT2D eigenvalue weighted by molar-refractivity contribution is -0.116. The Morgan fingerprint density at radius 1 is 1.09 bits per heavy atom. The van der Waals surface area contributed by atoms with Crippen molar-refractivity contribution < 1.29 is 14.3 Å². The summed E-state index contributed by atoms with van der Waals surface area (Å²) in [7, 11) is 1.65. The quantitative estimate of drug-likeness (QED) is 0.359. The van der Waals surface area contributed by atoms with Gasteiger partial charge in [-0.05, 0) is 66.1 Å². The van der Waals surface area contributed by atoms with Gasteiger partial charge in [-0.1, -0.05) is 18.2 Å². The molecule has 1 aliphatic heterocycles. The van der Waals surface area contributed by atoms with Crippen molar-refractivity contribution in [2.24, 2.45) is 0 Å². The highest BCUT2D eigenvalue weighted by Gasteiger charge is 2.17. The number of methoxy groups -OCH3 is 1. The number of ether oxygens (including phenoxy) is 1. The number of para-hydroxylation sites is 1. The highest BCUT2D eigenvalue weighted by atomic mass is 32.2. The van der Waals surface area contributed by atoms with Gasteiger partial charge < -0.3 is 20.4 Å². The topological polar surface area (TPSA) is 83.2 Å². The minimum Gasteiger partial charge on any atom is -0.497 e. The van der Waals surface area contributed by atoms with Gasteiger partial charge >= 0.3 is 0 Å². The second-order valence-electron chi connectivity index (χ2n) is 7.85. The summed E-state index contributed by atoms with van der Waals surface area (Å²) >= 11 is 1.50. The highest BCUT2D eigenvalue weighted by Crippen LogP contribution is 2.34. The highest BCUT2D eigenvalue weighted by molar-refractivity contribution is 8.00. The Labute approximate surface area is 195 Å². The van der Waals surface area contributed by atoms with Crippen LogP contribution < -0.4 is 15.4 Å². The van der Waals surface area contributed by atoms with Gasteiger partial charge in [0.2, 0.25) is 11.8 Å². The molecule has 0 aliphatic carbocycles. The van der Waals surface area contributed by atoms with Crippen molar-refractivity contribution in [2.45, 2.75) is 17.7 Å². The molecular weight excluding hydrogens is 434 g/mol. The average Bonchev–Trinajstić information content (AvgIpc) is 3.21. The Bertz CT molecular complexity index is 1340. The minimum absolute atomic E-state index is 0.0265. The molecule has 166 valence electrons. The van der Waals surface area contributed by atoms with Crippen LogP contribution in [0.1, 0.15) is 12.0 Å². The zero-order chi connectivity index (χ0) is 22.8. The van der Waals surface area contributed by atoms with Crippen LogP contribution in [-0.4, -0.2) is 29.7 Å². The van der Waals surface area contributed by atoms with Crippen LogP contribution in [0.4, 0.5) is 11.4 Å². The third-order valence-electron chi connectivity index (χ3n) is 5.69. The summed E-state index contributed by atoms with van der Waals surface area (Å²) in [5, 5.41) is 6.94. The summed E-state index contributed by atoms with van der Waals surface area (Å²) in [5.74, 6) is 1.12. The third kappa shape index (κ3) is 4.45. The third-order valence-corrected chi connectivity index (χ3v) is 6.76. The van der Waals surface area contributed by atoms with Gasteiger partial charge in [-0.3, -0.25) is 9.59 Å². The zero-order valence-electron chi connectivity index (χ0n) is 18.1. The predicted molar refractivity (Wildman–Crippen MR) is 133 cm³/mol. The molecule has 6 nitrogen and oxygen atoms in total. The van der Waals surface area contributed by atoms with E-state index in [-0.39, 0.29) is 11.8 Å². The van der Waals surface area contributed by atoms with Crippen molar-refractivity contribution in [1.82, 2.24) is 4.98 Å². The number of fused-ring (bicyclic) bond motifs is 2. The van der Waals surface area contributed by atoms with E-state index in [1.165, 1.54) is 11.8 Å². The van der Waals surface area contributed by atoms with Gasteiger partial charge in [0.1, 0.15) is 5.75 Å². The number of aryl methyl sites for hydroxylation is 1. The van der Waals surface area contributed by atoms with Gasteiger partial charge in [0.15, 0.2) is 0 Å². The standard InChI is InChI=1S/C26H23N3O3S/c1-32-18-9-6-16(7-10-18)26-20(19-4-2-3-5-21(19)29-26)11-13-24(30)27-17-8-12-23-22(14-17)28-25(31)15-33-23/h2-10,12,14,29H,11,13,15H2,1H3,(H,27,30)(H,28,31). The Balaban J connectivity index is 1.35. The summed E-state index contributed by atoms with van der Waals surface area (Å²) in [5.41, 5.74) is 5.63. The number of carbonyl (C=O) groups excluding carboxylic acids is 2. The van der Waals surface area contributed by atoms with E-state index in [1.54, 1.807) is 7.11 Å². The zero-order valence-corrected chi connectivity index (χ0v) is 18.9. The van der Waals surface area contributed by atoms with Crippen LogP contribution in [0.2, 0.25) is 0 Å². The molecule has 3 aromatic carbocycles. The first-order valence-corrected chi connectivity index (χ1v) is 11.7. The van der Waals surface area contributed by atoms with Crippen LogP contribution in [0, 0.1) is 0 Å². The molecule has 0 spiro atoms. The first kappa shape index (κ1) is 21.2. The predicted octanol–water partition coefficient (Wildman–Crippen LogP) is 5.46. The molecule has 0 atom stereocenters. The molecule has 0 radical (unpaired) electrons. The van der Waals surface area contributed by atoms with Gasteiger partial charge in [-0.2, -0.15) is 0 Å². The maximum Gasteiger partial charge on any atom is 0.234 e. The first-order valence-electron chi connectivity index (χ1n) is 10.7. The number of H-pyrrole nitrogens is 1. The van der Waals surface area contributed by atoms with Crippen LogP contribution >= 0.6 is 11.8 Å². The normalized spacial score (nSPS) is 12.8. The molecule has 4 aromatic rings. The van der Waals surface area contributed by atoms with E-state index in [0.717, 1.165) is 44.1 Å². The molecule has 0 unspecified atom stereocenters. The second-order valence-corrected chi connectivity index (χ2v) is 8.87.